The van der Waals surface area contributed by atoms with Crippen LogP contribution < -0.4 is 10.5 Å². The number of aromatic nitrogens is 1. The number of hydrogen-bond donors (Lipinski definition) is 2. The molecule has 0 fully saturated rings. The summed E-state index contributed by atoms with van der Waals surface area (Å²) in [6.45, 7) is 1.99. The van der Waals surface area contributed by atoms with Crippen LogP contribution in [0.5, 0.6) is 0 Å². The molecular weight excluding hydrogens is 246 g/mol. The van der Waals surface area contributed by atoms with Crippen molar-refractivity contribution in [1.82, 2.24) is 9.71 Å². The van der Waals surface area contributed by atoms with E-state index in [9.17, 15) is 8.42 Å². The second-order valence-electron chi connectivity index (χ2n) is 3.32. The summed E-state index contributed by atoms with van der Waals surface area (Å²) >= 11 is 4.54. The molecule has 1 aromatic heterocycles. The normalized spacial score (nSPS) is 11.3. The van der Waals surface area contributed by atoms with E-state index in [2.05, 4.69) is 21.9 Å². The lowest BCUT2D eigenvalue weighted by Crippen LogP contribution is -2.32. The summed E-state index contributed by atoms with van der Waals surface area (Å²) in [5, 5.41) is 0. The number of pyridine rings is 1. The van der Waals surface area contributed by atoms with Gasteiger partial charge in [0.1, 0.15) is 5.75 Å². The maximum absolute atomic E-state index is 11.4. The molecule has 0 aliphatic rings. The van der Waals surface area contributed by atoms with E-state index in [0.717, 1.165) is 5.69 Å². The van der Waals surface area contributed by atoms with E-state index >= 15 is 0 Å². The maximum atomic E-state index is 11.4. The van der Waals surface area contributed by atoms with Gasteiger partial charge in [0, 0.05) is 5.69 Å². The Morgan fingerprint density at radius 1 is 1.56 bits per heavy atom. The number of aryl methyl sites for hydroxylation is 1. The van der Waals surface area contributed by atoms with Gasteiger partial charge in [-0.1, -0.05) is 18.3 Å². The second-order valence-corrected chi connectivity index (χ2v) is 5.65. The summed E-state index contributed by atoms with van der Waals surface area (Å²) in [5.74, 6) is -0.339. The van der Waals surface area contributed by atoms with Gasteiger partial charge in [0.2, 0.25) is 10.0 Å². The minimum atomic E-state index is -3.45. The third-order valence-electron chi connectivity index (χ3n) is 1.75. The molecule has 1 heterocycles. The highest BCUT2D eigenvalue weighted by atomic mass is 32.2. The van der Waals surface area contributed by atoms with Gasteiger partial charge in [-0.2, -0.15) is 0 Å². The number of hydrogen-bond acceptors (Lipinski definition) is 4. The third-order valence-corrected chi connectivity index (χ3v) is 3.35. The second kappa shape index (κ2) is 5.33. The first kappa shape index (κ1) is 13.0. The van der Waals surface area contributed by atoms with Crippen LogP contribution in [0.25, 0.3) is 0 Å². The van der Waals surface area contributed by atoms with E-state index in [4.69, 9.17) is 5.73 Å². The third kappa shape index (κ3) is 4.65. The van der Waals surface area contributed by atoms with Crippen LogP contribution >= 0.6 is 12.2 Å². The predicted molar refractivity (Wildman–Crippen MR) is 66.4 cm³/mol. The molecule has 0 saturated carbocycles. The molecule has 0 amide bonds. The molecule has 0 atom stereocenters. The molecule has 1 aromatic rings. The molecule has 0 radical (unpaired) electrons. The molecule has 0 spiro atoms. The summed E-state index contributed by atoms with van der Waals surface area (Å²) < 4.78 is 25.2. The van der Waals surface area contributed by atoms with Crippen LogP contribution in [0.15, 0.2) is 18.2 Å². The van der Waals surface area contributed by atoms with Crippen molar-refractivity contribution in [3.05, 3.63) is 29.6 Å². The Kier molecular flexibility index (Phi) is 4.34. The van der Waals surface area contributed by atoms with E-state index in [0.29, 0.717) is 5.69 Å². The summed E-state index contributed by atoms with van der Waals surface area (Å²) in [5.41, 5.74) is 6.67. The van der Waals surface area contributed by atoms with Crippen molar-refractivity contribution in [2.75, 3.05) is 5.75 Å². The number of sulfonamides is 1. The van der Waals surface area contributed by atoms with Crippen LogP contribution in [-0.2, 0) is 16.6 Å². The number of nitrogens with two attached hydrogens (primary N) is 1. The molecule has 0 aromatic carbocycles. The monoisotopic (exact) mass is 259 g/mol. The van der Waals surface area contributed by atoms with Crippen LogP contribution in [0.3, 0.4) is 0 Å². The molecule has 5 nitrogen and oxygen atoms in total. The fraction of sp³-hybridized carbons (Fsp3) is 0.333. The van der Waals surface area contributed by atoms with Gasteiger partial charge in [0.15, 0.2) is 0 Å². The smallest absolute Gasteiger partial charge is 0.218 e. The Bertz CT molecular complexity index is 485. The van der Waals surface area contributed by atoms with Gasteiger partial charge >= 0.3 is 0 Å². The Labute approximate surface area is 100 Å². The van der Waals surface area contributed by atoms with Crippen molar-refractivity contribution in [1.29, 1.82) is 0 Å². The van der Waals surface area contributed by atoms with Gasteiger partial charge in [-0.25, -0.2) is 13.1 Å². The minimum Gasteiger partial charge on any atom is -0.392 e. The topological polar surface area (TPSA) is 85.1 Å². The molecule has 3 N–H and O–H groups in total. The maximum Gasteiger partial charge on any atom is 0.218 e. The fourth-order valence-corrected chi connectivity index (χ4v) is 2.43. The number of rotatable bonds is 5. The van der Waals surface area contributed by atoms with Gasteiger partial charge in [-0.3, -0.25) is 4.98 Å². The van der Waals surface area contributed by atoms with Crippen molar-refractivity contribution < 1.29 is 8.42 Å². The molecule has 0 aliphatic carbocycles. The Hall–Kier alpha value is -1.05. The Morgan fingerprint density at radius 2 is 2.25 bits per heavy atom. The standard InChI is InChI=1S/C9H13N3O2S2/c1-7-3-2-4-8(12-7)5-11-16(13,14)6-9(10)15/h2-4,11H,5-6H2,1H3,(H2,10,15). The quantitative estimate of drug-likeness (QED) is 0.732. The lowest BCUT2D eigenvalue weighted by Gasteiger charge is -2.05. The molecule has 16 heavy (non-hydrogen) atoms. The summed E-state index contributed by atoms with van der Waals surface area (Å²) in [6.07, 6.45) is 0. The van der Waals surface area contributed by atoms with Crippen molar-refractivity contribution in [2.45, 2.75) is 13.5 Å². The average Bonchev–Trinajstić information content (AvgIpc) is 2.13. The Balaban J connectivity index is 2.61. The molecule has 0 saturated heterocycles. The first-order valence-corrected chi connectivity index (χ1v) is 6.63. The van der Waals surface area contributed by atoms with Crippen molar-refractivity contribution in [2.24, 2.45) is 5.73 Å². The van der Waals surface area contributed by atoms with Crippen LogP contribution in [0.1, 0.15) is 11.4 Å². The van der Waals surface area contributed by atoms with Crippen LogP contribution in [0, 0.1) is 6.92 Å². The first-order valence-electron chi connectivity index (χ1n) is 4.57. The lowest BCUT2D eigenvalue weighted by atomic mass is 10.3. The average molecular weight is 259 g/mol. The number of nitrogens with one attached hydrogen (secondary N) is 1. The molecule has 7 heteroatoms. The largest absolute Gasteiger partial charge is 0.392 e. The van der Waals surface area contributed by atoms with Crippen LogP contribution in [-0.4, -0.2) is 24.1 Å². The van der Waals surface area contributed by atoms with E-state index < -0.39 is 10.0 Å². The van der Waals surface area contributed by atoms with Crippen LogP contribution in [0.2, 0.25) is 0 Å². The fourth-order valence-electron chi connectivity index (χ4n) is 1.12. The number of thiocarbonyl (C=S) groups is 1. The van der Waals surface area contributed by atoms with E-state index in [1.54, 1.807) is 6.07 Å². The van der Waals surface area contributed by atoms with Crippen molar-refractivity contribution >= 4 is 27.2 Å². The zero-order chi connectivity index (χ0) is 12.2. The highest BCUT2D eigenvalue weighted by Gasteiger charge is 2.11. The van der Waals surface area contributed by atoms with Crippen LogP contribution in [0.4, 0.5) is 0 Å². The highest BCUT2D eigenvalue weighted by molar-refractivity contribution is 7.92. The molecule has 0 unspecified atom stereocenters. The van der Waals surface area contributed by atoms with Gasteiger partial charge in [-0.05, 0) is 19.1 Å². The van der Waals surface area contributed by atoms with E-state index in [1.807, 2.05) is 19.1 Å². The van der Waals surface area contributed by atoms with Gasteiger partial charge < -0.3 is 5.73 Å². The number of nitrogens with zero attached hydrogens (tertiary/aromatic N) is 1. The lowest BCUT2D eigenvalue weighted by molar-refractivity contribution is 0.584. The SMILES string of the molecule is Cc1cccc(CNS(=O)(=O)CC(N)=S)n1. The molecular formula is C9H13N3O2S2. The Morgan fingerprint density at radius 3 is 2.81 bits per heavy atom. The summed E-state index contributed by atoms with van der Waals surface area (Å²) in [7, 11) is -3.45. The summed E-state index contributed by atoms with van der Waals surface area (Å²) in [4.78, 5) is 4.11. The van der Waals surface area contributed by atoms with Crippen molar-refractivity contribution in [3.63, 3.8) is 0 Å². The van der Waals surface area contributed by atoms with E-state index in [1.165, 1.54) is 0 Å². The van der Waals surface area contributed by atoms with E-state index in [-0.39, 0.29) is 17.3 Å². The molecule has 1 rings (SSSR count). The zero-order valence-corrected chi connectivity index (χ0v) is 10.4. The highest BCUT2D eigenvalue weighted by Crippen LogP contribution is 1.98. The van der Waals surface area contributed by atoms with Gasteiger partial charge in [0.05, 0.1) is 17.2 Å². The molecule has 0 bridgehead atoms. The molecule has 0 aliphatic heterocycles. The van der Waals surface area contributed by atoms with Gasteiger partial charge in [-0.15, -0.1) is 0 Å². The predicted octanol–water partition coefficient (Wildman–Crippen LogP) is 0.0955. The summed E-state index contributed by atoms with van der Waals surface area (Å²) in [6, 6.07) is 5.41. The molecule has 88 valence electrons. The van der Waals surface area contributed by atoms with Gasteiger partial charge in [0.25, 0.3) is 0 Å². The van der Waals surface area contributed by atoms with Crippen molar-refractivity contribution in [3.8, 4) is 0 Å². The zero-order valence-electron chi connectivity index (χ0n) is 8.80. The first-order chi connectivity index (χ1) is 7.39. The minimum absolute atomic E-state index is 0.0512.